The highest BCUT2D eigenvalue weighted by Gasteiger charge is 2.24. The van der Waals surface area contributed by atoms with Crippen molar-refractivity contribution in [3.05, 3.63) is 54.5 Å². The van der Waals surface area contributed by atoms with Crippen LogP contribution in [0.5, 0.6) is 17.2 Å². The molecule has 5 aromatic rings. The molecule has 0 N–H and O–H groups in total. The first-order valence-corrected chi connectivity index (χ1v) is 9.47. The van der Waals surface area contributed by atoms with Gasteiger partial charge < -0.3 is 14.2 Å². The second-order valence-corrected chi connectivity index (χ2v) is 6.98. The molecule has 0 saturated carbocycles. The number of ether oxygens (including phenoxy) is 3. The molecule has 3 heterocycles. The van der Waals surface area contributed by atoms with E-state index in [0.29, 0.717) is 17.2 Å². The molecule has 7 heteroatoms. The van der Waals surface area contributed by atoms with Gasteiger partial charge in [0.1, 0.15) is 5.52 Å². The molecule has 150 valence electrons. The van der Waals surface area contributed by atoms with Gasteiger partial charge in [0.2, 0.25) is 5.75 Å². The number of hydrogen-bond acceptors (Lipinski definition) is 6. The smallest absolute Gasteiger partial charge is 0.204 e. The monoisotopic (exact) mass is 400 g/mol. The van der Waals surface area contributed by atoms with Crippen LogP contribution < -0.4 is 14.2 Å². The largest absolute Gasteiger partial charge is 0.493 e. The number of benzene rings is 2. The highest BCUT2D eigenvalue weighted by Crippen LogP contribution is 2.48. The van der Waals surface area contributed by atoms with Gasteiger partial charge in [-0.05, 0) is 13.0 Å². The van der Waals surface area contributed by atoms with E-state index in [9.17, 15) is 0 Å². The Hall–Kier alpha value is -3.87. The van der Waals surface area contributed by atoms with Crippen molar-refractivity contribution in [2.24, 2.45) is 0 Å². The van der Waals surface area contributed by atoms with Gasteiger partial charge in [-0.2, -0.15) is 0 Å². The summed E-state index contributed by atoms with van der Waals surface area (Å²) in [6, 6.07) is 10.2. The lowest BCUT2D eigenvalue weighted by Crippen LogP contribution is -1.99. The fourth-order valence-electron chi connectivity index (χ4n) is 3.84. The van der Waals surface area contributed by atoms with Gasteiger partial charge in [0.15, 0.2) is 22.8 Å². The van der Waals surface area contributed by atoms with Gasteiger partial charge >= 0.3 is 0 Å². The molecule has 0 unspecified atom stereocenters. The zero-order valence-electron chi connectivity index (χ0n) is 17.1. The van der Waals surface area contributed by atoms with Crippen LogP contribution in [0.2, 0.25) is 0 Å². The summed E-state index contributed by atoms with van der Waals surface area (Å²) in [5.41, 5.74) is 5.14. The summed E-state index contributed by atoms with van der Waals surface area (Å²) in [5.74, 6) is 1.65. The fraction of sp³-hybridized carbons (Fsp3) is 0.174. The number of methoxy groups -OCH3 is 3. The van der Waals surface area contributed by atoms with E-state index < -0.39 is 0 Å². The van der Waals surface area contributed by atoms with Gasteiger partial charge in [-0.15, -0.1) is 0 Å². The normalized spacial score (nSPS) is 11.3. The maximum Gasteiger partial charge on any atom is 0.204 e. The van der Waals surface area contributed by atoms with Crippen molar-refractivity contribution < 1.29 is 14.2 Å². The Bertz CT molecular complexity index is 1410. The summed E-state index contributed by atoms with van der Waals surface area (Å²) in [6.07, 6.45) is 5.30. The minimum Gasteiger partial charge on any atom is -0.493 e. The molecule has 3 aromatic heterocycles. The zero-order chi connectivity index (χ0) is 20.8. The topological polar surface area (TPSA) is 70.8 Å². The van der Waals surface area contributed by atoms with Crippen LogP contribution in [0, 0.1) is 6.92 Å². The Morgan fingerprint density at radius 3 is 2.37 bits per heavy atom. The van der Waals surface area contributed by atoms with Crippen LogP contribution in [0.4, 0.5) is 0 Å². The molecule has 0 aliphatic rings. The van der Waals surface area contributed by atoms with E-state index in [1.165, 1.54) is 5.56 Å². The van der Waals surface area contributed by atoms with Crippen molar-refractivity contribution >= 4 is 27.6 Å². The average molecular weight is 400 g/mol. The van der Waals surface area contributed by atoms with E-state index in [1.54, 1.807) is 33.7 Å². The third-order valence-electron chi connectivity index (χ3n) is 5.27. The molecule has 30 heavy (non-hydrogen) atoms. The van der Waals surface area contributed by atoms with Crippen molar-refractivity contribution in [2.45, 2.75) is 6.92 Å². The molecule has 7 nitrogen and oxygen atoms in total. The minimum absolute atomic E-state index is 0.521. The van der Waals surface area contributed by atoms with Gasteiger partial charge in [0.05, 0.1) is 38.6 Å². The highest BCUT2D eigenvalue weighted by molar-refractivity contribution is 6.13. The van der Waals surface area contributed by atoms with Crippen LogP contribution in [0.1, 0.15) is 5.56 Å². The molecule has 0 saturated heterocycles. The molecule has 2 aromatic carbocycles. The summed E-state index contributed by atoms with van der Waals surface area (Å²) in [5, 5.41) is 1.69. The third kappa shape index (κ3) is 2.55. The molecular weight excluding hydrogens is 380 g/mol. The highest BCUT2D eigenvalue weighted by atomic mass is 16.5. The Labute approximate surface area is 172 Å². The molecular formula is C23H20N4O3. The lowest BCUT2D eigenvalue weighted by Gasteiger charge is -2.17. The lowest BCUT2D eigenvalue weighted by atomic mass is 10.0. The predicted octanol–water partition coefficient (Wildman–Crippen LogP) is 4.43. The maximum atomic E-state index is 5.81. The Morgan fingerprint density at radius 2 is 1.67 bits per heavy atom. The molecule has 0 bridgehead atoms. The van der Waals surface area contributed by atoms with Crippen molar-refractivity contribution in [3.63, 3.8) is 0 Å². The van der Waals surface area contributed by atoms with Gasteiger partial charge in [-0.3, -0.25) is 9.38 Å². The maximum absolute atomic E-state index is 5.81. The molecule has 0 radical (unpaired) electrons. The van der Waals surface area contributed by atoms with Gasteiger partial charge in [0.25, 0.3) is 0 Å². The number of rotatable bonds is 4. The third-order valence-corrected chi connectivity index (χ3v) is 5.27. The number of imidazole rings is 1. The fourth-order valence-corrected chi connectivity index (χ4v) is 3.84. The van der Waals surface area contributed by atoms with E-state index >= 15 is 0 Å². The molecule has 0 aliphatic carbocycles. The predicted molar refractivity (Wildman–Crippen MR) is 116 cm³/mol. The Morgan fingerprint density at radius 1 is 0.900 bits per heavy atom. The molecule has 0 fully saturated rings. The zero-order valence-corrected chi connectivity index (χ0v) is 17.1. The van der Waals surface area contributed by atoms with Crippen molar-refractivity contribution in [3.8, 4) is 28.5 Å². The molecule has 5 rings (SSSR count). The second kappa shape index (κ2) is 6.88. The minimum atomic E-state index is 0.521. The van der Waals surface area contributed by atoms with E-state index in [-0.39, 0.29) is 0 Å². The Balaban J connectivity index is 2.04. The summed E-state index contributed by atoms with van der Waals surface area (Å²) in [6.45, 7) is 2.06. The quantitative estimate of drug-likeness (QED) is 0.444. The summed E-state index contributed by atoms with van der Waals surface area (Å²) in [4.78, 5) is 14.0. The number of aryl methyl sites for hydroxylation is 1. The van der Waals surface area contributed by atoms with Gasteiger partial charge in [-0.1, -0.05) is 29.8 Å². The van der Waals surface area contributed by atoms with Crippen LogP contribution in [0.15, 0.2) is 48.9 Å². The van der Waals surface area contributed by atoms with Crippen LogP contribution in [-0.4, -0.2) is 40.7 Å². The van der Waals surface area contributed by atoms with E-state index in [4.69, 9.17) is 24.2 Å². The summed E-state index contributed by atoms with van der Waals surface area (Å²) in [7, 11) is 4.82. The number of fused-ring (bicyclic) bond motifs is 5. The first-order valence-electron chi connectivity index (χ1n) is 9.47. The Kier molecular flexibility index (Phi) is 4.17. The second-order valence-electron chi connectivity index (χ2n) is 6.98. The van der Waals surface area contributed by atoms with E-state index in [1.807, 2.05) is 16.7 Å². The van der Waals surface area contributed by atoms with Crippen LogP contribution in [-0.2, 0) is 0 Å². The van der Waals surface area contributed by atoms with Crippen LogP contribution in [0.3, 0.4) is 0 Å². The molecule has 0 spiro atoms. The number of aromatic nitrogens is 4. The number of hydrogen-bond donors (Lipinski definition) is 0. The first-order chi connectivity index (χ1) is 14.7. The number of nitrogens with zero attached hydrogens (tertiary/aromatic N) is 4. The summed E-state index contributed by atoms with van der Waals surface area (Å²) < 4.78 is 19.0. The van der Waals surface area contributed by atoms with E-state index in [0.717, 1.165) is 38.8 Å². The standard InChI is InChI=1S/C23H20N4O3/c1-13-5-7-14(8-6-13)19-18-15(11-16(28-2)21(29-3)22(18)30-4)20-23(26-19)27-10-9-24-12-17(27)25-20/h5-12H,1-4H3. The molecule has 0 aliphatic heterocycles. The van der Waals surface area contributed by atoms with Gasteiger partial charge in [0, 0.05) is 23.3 Å². The van der Waals surface area contributed by atoms with Crippen LogP contribution >= 0.6 is 0 Å². The SMILES string of the molecule is COc1cc2c(c(-c3ccc(C)cc3)nc3c2nc2cnccn23)c(OC)c1OC. The summed E-state index contributed by atoms with van der Waals surface area (Å²) >= 11 is 0. The van der Waals surface area contributed by atoms with Crippen molar-refractivity contribution in [2.75, 3.05) is 21.3 Å². The molecule has 0 atom stereocenters. The van der Waals surface area contributed by atoms with Gasteiger partial charge in [-0.25, -0.2) is 9.97 Å². The molecule has 0 amide bonds. The van der Waals surface area contributed by atoms with E-state index in [2.05, 4.69) is 36.2 Å². The lowest BCUT2D eigenvalue weighted by molar-refractivity contribution is 0.327. The van der Waals surface area contributed by atoms with Crippen LogP contribution in [0.25, 0.3) is 38.8 Å². The average Bonchev–Trinajstić information content (AvgIpc) is 3.16. The first kappa shape index (κ1) is 18.2. The number of pyridine rings is 1. The van der Waals surface area contributed by atoms with Crippen molar-refractivity contribution in [1.82, 2.24) is 19.4 Å². The van der Waals surface area contributed by atoms with Crippen molar-refractivity contribution in [1.29, 1.82) is 0 Å².